The summed E-state index contributed by atoms with van der Waals surface area (Å²) in [6.07, 6.45) is 0.976. The minimum Gasteiger partial charge on any atom is -0.399 e. The van der Waals surface area contributed by atoms with E-state index in [1.807, 2.05) is 6.92 Å². The molecular weight excluding hydrogens is 400 g/mol. The zero-order chi connectivity index (χ0) is 14.6. The summed E-state index contributed by atoms with van der Waals surface area (Å²) in [4.78, 5) is 0.109. The molecule has 0 bridgehead atoms. The van der Waals surface area contributed by atoms with E-state index in [0.29, 0.717) is 27.5 Å². The fourth-order valence-corrected chi connectivity index (χ4v) is 5.59. The van der Waals surface area contributed by atoms with E-state index in [9.17, 15) is 8.42 Å². The first-order chi connectivity index (χ1) is 8.81. The third-order valence-corrected chi connectivity index (χ3v) is 5.98. The molecule has 4 N–H and O–H groups in total. The molecule has 0 spiro atoms. The van der Waals surface area contributed by atoms with Crippen molar-refractivity contribution in [2.75, 3.05) is 12.3 Å². The summed E-state index contributed by atoms with van der Waals surface area (Å²) in [5.74, 6) is 0. The Kier molecular flexibility index (Phi) is 6.25. The SMILES string of the molecule is CCC(CCO)NS(=O)(=O)c1c(Br)cc(N)cc1Br. The zero-order valence-electron chi connectivity index (χ0n) is 10.4. The van der Waals surface area contributed by atoms with Crippen LogP contribution < -0.4 is 10.5 Å². The van der Waals surface area contributed by atoms with Crippen molar-refractivity contribution in [1.82, 2.24) is 4.72 Å². The summed E-state index contributed by atoms with van der Waals surface area (Å²) in [6, 6.07) is 2.77. The molecule has 108 valence electrons. The summed E-state index contributed by atoms with van der Waals surface area (Å²) in [7, 11) is -3.68. The van der Waals surface area contributed by atoms with Crippen molar-refractivity contribution < 1.29 is 13.5 Å². The number of anilines is 1. The predicted molar refractivity (Wildman–Crippen MR) is 82.4 cm³/mol. The fraction of sp³-hybridized carbons (Fsp3) is 0.455. The molecule has 5 nitrogen and oxygen atoms in total. The van der Waals surface area contributed by atoms with Crippen LogP contribution >= 0.6 is 31.9 Å². The molecule has 1 unspecified atom stereocenters. The van der Waals surface area contributed by atoms with E-state index in [4.69, 9.17) is 10.8 Å². The first-order valence-corrected chi connectivity index (χ1v) is 8.76. The highest BCUT2D eigenvalue weighted by Gasteiger charge is 2.24. The minimum atomic E-state index is -3.68. The normalized spacial score (nSPS) is 13.5. The molecule has 0 aliphatic carbocycles. The van der Waals surface area contributed by atoms with Crippen LogP contribution in [0, 0.1) is 0 Å². The van der Waals surface area contributed by atoms with E-state index in [1.165, 1.54) is 12.1 Å². The van der Waals surface area contributed by atoms with Gasteiger partial charge in [0.25, 0.3) is 0 Å². The molecule has 0 amide bonds. The van der Waals surface area contributed by atoms with Gasteiger partial charge in [0.1, 0.15) is 4.90 Å². The maximum Gasteiger partial charge on any atom is 0.243 e. The van der Waals surface area contributed by atoms with Gasteiger partial charge >= 0.3 is 0 Å². The Hall–Kier alpha value is -0.150. The van der Waals surface area contributed by atoms with E-state index < -0.39 is 10.0 Å². The standard InChI is InChI=1S/C11H16Br2N2O3S/c1-2-8(3-4-16)15-19(17,18)11-9(12)5-7(14)6-10(11)13/h5-6,8,15-16H,2-4,14H2,1H3. The second kappa shape index (κ2) is 7.03. The summed E-state index contributed by atoms with van der Waals surface area (Å²) in [5, 5.41) is 8.91. The maximum atomic E-state index is 12.3. The zero-order valence-corrected chi connectivity index (χ0v) is 14.3. The Morgan fingerprint density at radius 1 is 1.37 bits per heavy atom. The topological polar surface area (TPSA) is 92.4 Å². The van der Waals surface area contributed by atoms with Gasteiger partial charge in [0.05, 0.1) is 0 Å². The van der Waals surface area contributed by atoms with Crippen LogP contribution in [0.3, 0.4) is 0 Å². The maximum absolute atomic E-state index is 12.3. The van der Waals surface area contributed by atoms with Crippen LogP contribution in [0.15, 0.2) is 26.0 Å². The van der Waals surface area contributed by atoms with Gasteiger partial charge in [-0.25, -0.2) is 13.1 Å². The van der Waals surface area contributed by atoms with Gasteiger partial charge in [0.15, 0.2) is 0 Å². The Morgan fingerprint density at radius 3 is 2.32 bits per heavy atom. The number of aliphatic hydroxyl groups is 1. The molecule has 0 heterocycles. The van der Waals surface area contributed by atoms with Gasteiger partial charge in [-0.15, -0.1) is 0 Å². The number of nitrogens with two attached hydrogens (primary N) is 1. The molecule has 19 heavy (non-hydrogen) atoms. The molecule has 0 aliphatic rings. The largest absolute Gasteiger partial charge is 0.399 e. The number of aliphatic hydroxyl groups excluding tert-OH is 1. The Balaban J connectivity index is 3.14. The monoisotopic (exact) mass is 414 g/mol. The molecule has 0 fully saturated rings. The highest BCUT2D eigenvalue weighted by Crippen LogP contribution is 2.32. The molecular formula is C11H16Br2N2O3S. The van der Waals surface area contributed by atoms with Crippen LogP contribution in [0.25, 0.3) is 0 Å². The van der Waals surface area contributed by atoms with E-state index in [-0.39, 0.29) is 17.5 Å². The minimum absolute atomic E-state index is 0.0644. The van der Waals surface area contributed by atoms with Crippen LogP contribution in [-0.2, 0) is 10.0 Å². The first kappa shape index (κ1) is 16.9. The van der Waals surface area contributed by atoms with Crippen molar-refractivity contribution in [2.24, 2.45) is 0 Å². The molecule has 1 rings (SSSR count). The smallest absolute Gasteiger partial charge is 0.243 e. The van der Waals surface area contributed by atoms with Gasteiger partial charge in [-0.3, -0.25) is 0 Å². The molecule has 0 aromatic heterocycles. The quantitative estimate of drug-likeness (QED) is 0.621. The van der Waals surface area contributed by atoms with Gasteiger partial charge in [-0.05, 0) is 56.8 Å². The number of halogens is 2. The summed E-state index contributed by atoms with van der Waals surface area (Å²) in [5.41, 5.74) is 6.10. The molecule has 1 aromatic carbocycles. The van der Waals surface area contributed by atoms with Crippen molar-refractivity contribution in [3.8, 4) is 0 Å². The lowest BCUT2D eigenvalue weighted by Gasteiger charge is -2.17. The molecule has 1 atom stereocenters. The van der Waals surface area contributed by atoms with Gasteiger partial charge in [0.2, 0.25) is 10.0 Å². The van der Waals surface area contributed by atoms with E-state index in [2.05, 4.69) is 36.6 Å². The van der Waals surface area contributed by atoms with Crippen molar-refractivity contribution in [3.05, 3.63) is 21.1 Å². The summed E-state index contributed by atoms with van der Waals surface area (Å²) >= 11 is 6.41. The van der Waals surface area contributed by atoms with E-state index in [1.54, 1.807) is 0 Å². The third kappa shape index (κ3) is 4.42. The molecule has 8 heteroatoms. The highest BCUT2D eigenvalue weighted by molar-refractivity contribution is 9.11. The average Bonchev–Trinajstić information content (AvgIpc) is 2.25. The van der Waals surface area contributed by atoms with Gasteiger partial charge in [-0.2, -0.15) is 0 Å². The average molecular weight is 416 g/mol. The van der Waals surface area contributed by atoms with Crippen molar-refractivity contribution in [1.29, 1.82) is 0 Å². The highest BCUT2D eigenvalue weighted by atomic mass is 79.9. The van der Waals surface area contributed by atoms with Crippen LogP contribution in [0.4, 0.5) is 5.69 Å². The van der Waals surface area contributed by atoms with Gasteiger partial charge in [-0.1, -0.05) is 6.92 Å². The number of nitrogen functional groups attached to an aromatic ring is 1. The van der Waals surface area contributed by atoms with Crippen LogP contribution in [-0.4, -0.2) is 26.2 Å². The summed E-state index contributed by atoms with van der Waals surface area (Å²) < 4.78 is 28.0. The number of hydrogen-bond acceptors (Lipinski definition) is 4. The van der Waals surface area contributed by atoms with Crippen LogP contribution in [0.5, 0.6) is 0 Å². The molecule has 1 aromatic rings. The second-order valence-corrected chi connectivity index (χ2v) is 7.41. The van der Waals surface area contributed by atoms with E-state index in [0.717, 1.165) is 0 Å². The second-order valence-electron chi connectivity index (χ2n) is 4.05. The number of rotatable bonds is 6. The Labute approximate surface area is 129 Å². The molecule has 0 saturated heterocycles. The Morgan fingerprint density at radius 2 is 1.89 bits per heavy atom. The summed E-state index contributed by atoms with van der Waals surface area (Å²) in [6.45, 7) is 1.79. The molecule has 0 saturated carbocycles. The Bertz CT molecular complexity index is 526. The number of benzene rings is 1. The van der Waals surface area contributed by atoms with Crippen LogP contribution in [0.1, 0.15) is 19.8 Å². The third-order valence-electron chi connectivity index (χ3n) is 2.58. The lowest BCUT2D eigenvalue weighted by atomic mass is 10.2. The van der Waals surface area contributed by atoms with Crippen LogP contribution in [0.2, 0.25) is 0 Å². The molecule has 0 radical (unpaired) electrons. The predicted octanol–water partition coefficient (Wildman–Crippen LogP) is 2.23. The number of nitrogens with one attached hydrogen (secondary N) is 1. The van der Waals surface area contributed by atoms with Crippen molar-refractivity contribution in [3.63, 3.8) is 0 Å². The number of sulfonamides is 1. The lowest BCUT2D eigenvalue weighted by molar-refractivity contribution is 0.270. The van der Waals surface area contributed by atoms with Crippen molar-refractivity contribution >= 4 is 47.6 Å². The van der Waals surface area contributed by atoms with Crippen molar-refractivity contribution in [2.45, 2.75) is 30.7 Å². The van der Waals surface area contributed by atoms with Gasteiger partial charge < -0.3 is 10.8 Å². The van der Waals surface area contributed by atoms with Gasteiger partial charge in [0, 0.05) is 27.3 Å². The lowest BCUT2D eigenvalue weighted by Crippen LogP contribution is -2.35. The molecule has 0 aliphatic heterocycles. The first-order valence-electron chi connectivity index (χ1n) is 5.69. The van der Waals surface area contributed by atoms with E-state index >= 15 is 0 Å². The number of hydrogen-bond donors (Lipinski definition) is 3. The fourth-order valence-electron chi connectivity index (χ4n) is 1.62.